The Morgan fingerprint density at radius 2 is 2.00 bits per heavy atom. The Labute approximate surface area is 164 Å². The Kier molecular flexibility index (Phi) is 5.42. The molecule has 0 saturated heterocycles. The summed E-state index contributed by atoms with van der Waals surface area (Å²) in [6.45, 7) is 5.18. The Balaban J connectivity index is 1.74. The van der Waals surface area contributed by atoms with Crippen molar-refractivity contribution in [1.29, 1.82) is 0 Å². The van der Waals surface area contributed by atoms with E-state index in [0.717, 1.165) is 11.1 Å². The van der Waals surface area contributed by atoms with Gasteiger partial charge in [0.25, 0.3) is 5.91 Å². The Hall–Kier alpha value is -2.87. The van der Waals surface area contributed by atoms with Gasteiger partial charge in [-0.25, -0.2) is 8.42 Å². The van der Waals surface area contributed by atoms with E-state index in [1.54, 1.807) is 6.07 Å². The first kappa shape index (κ1) is 19.9. The number of amides is 2. The van der Waals surface area contributed by atoms with E-state index in [0.29, 0.717) is 17.1 Å². The number of ether oxygens (including phenoxy) is 1. The minimum atomic E-state index is -3.75. The normalized spacial score (nSPS) is 14.5. The molecule has 0 aromatic heterocycles. The summed E-state index contributed by atoms with van der Waals surface area (Å²) in [5.74, 6) is -0.362. The summed E-state index contributed by atoms with van der Waals surface area (Å²) in [6.07, 6.45) is -0.176. The number of benzene rings is 2. The first-order chi connectivity index (χ1) is 13.2. The highest BCUT2D eigenvalue weighted by Gasteiger charge is 2.28. The average molecular weight is 402 g/mol. The lowest BCUT2D eigenvalue weighted by atomic mass is 10.1. The molecule has 2 aromatic carbocycles. The molecule has 0 saturated carbocycles. The molecule has 1 aliphatic heterocycles. The summed E-state index contributed by atoms with van der Waals surface area (Å²) in [7, 11) is -3.75. The highest BCUT2D eigenvalue weighted by molar-refractivity contribution is 7.92. The van der Waals surface area contributed by atoms with Crippen LogP contribution in [0.5, 0.6) is 5.75 Å². The van der Waals surface area contributed by atoms with Gasteiger partial charge in [0.2, 0.25) is 5.91 Å². The summed E-state index contributed by atoms with van der Waals surface area (Å²) < 4.78 is 31.0. The third-order valence-corrected chi connectivity index (χ3v) is 6.93. The second kappa shape index (κ2) is 7.63. The largest absolute Gasteiger partial charge is 0.482 e. The zero-order valence-electron chi connectivity index (χ0n) is 15.9. The van der Waals surface area contributed by atoms with Gasteiger partial charge in [0.15, 0.2) is 16.4 Å². The number of carbonyl (C=O) groups excluding carboxylic acids is 2. The number of sulfone groups is 1. The molecule has 2 amide bonds. The van der Waals surface area contributed by atoms with Crippen molar-refractivity contribution >= 4 is 33.0 Å². The number of hydrogen-bond acceptors (Lipinski definition) is 5. The minimum absolute atomic E-state index is 0.0504. The molecule has 1 unspecified atom stereocenters. The van der Waals surface area contributed by atoms with Crippen LogP contribution in [-0.2, 0) is 19.4 Å². The molecule has 0 aliphatic carbocycles. The van der Waals surface area contributed by atoms with E-state index in [1.807, 2.05) is 26.0 Å². The van der Waals surface area contributed by atoms with Crippen molar-refractivity contribution < 1.29 is 22.7 Å². The molecule has 0 spiro atoms. The molecule has 1 atom stereocenters. The van der Waals surface area contributed by atoms with Gasteiger partial charge in [0.05, 0.1) is 15.8 Å². The van der Waals surface area contributed by atoms with E-state index in [-0.39, 0.29) is 29.7 Å². The fourth-order valence-corrected chi connectivity index (χ4v) is 4.29. The van der Waals surface area contributed by atoms with E-state index in [1.165, 1.54) is 25.1 Å². The standard InChI is InChI=1S/C20H22N2O5S/c1-12-5-4-6-16(14(12)3)21-19(23)9-13(2)28(25,26)15-7-8-17-18(10-15)27-11-20(24)22-17/h4-8,10,13H,9,11H2,1-3H3,(H,21,23)(H,22,24). The Morgan fingerprint density at radius 1 is 1.25 bits per heavy atom. The second-order valence-corrected chi connectivity index (χ2v) is 9.22. The van der Waals surface area contributed by atoms with Crippen molar-refractivity contribution in [2.45, 2.75) is 37.3 Å². The maximum Gasteiger partial charge on any atom is 0.262 e. The van der Waals surface area contributed by atoms with E-state index in [4.69, 9.17) is 4.74 Å². The van der Waals surface area contributed by atoms with Crippen LogP contribution in [0, 0.1) is 13.8 Å². The SMILES string of the molecule is Cc1cccc(NC(=O)CC(C)S(=O)(=O)c2ccc3c(c2)OCC(=O)N3)c1C. The Bertz CT molecular complexity index is 1050. The maximum absolute atomic E-state index is 12.9. The summed E-state index contributed by atoms with van der Waals surface area (Å²) in [6, 6.07) is 9.84. The summed E-state index contributed by atoms with van der Waals surface area (Å²) in [5.41, 5.74) is 3.09. The van der Waals surface area contributed by atoms with E-state index >= 15 is 0 Å². The lowest BCUT2D eigenvalue weighted by molar-refractivity contribution is -0.118. The van der Waals surface area contributed by atoms with Crippen molar-refractivity contribution in [3.63, 3.8) is 0 Å². The zero-order chi connectivity index (χ0) is 20.5. The Morgan fingerprint density at radius 3 is 2.75 bits per heavy atom. The molecule has 0 radical (unpaired) electrons. The number of anilines is 2. The summed E-state index contributed by atoms with van der Waals surface area (Å²) >= 11 is 0. The van der Waals surface area contributed by atoms with Gasteiger partial charge in [-0.1, -0.05) is 12.1 Å². The van der Waals surface area contributed by atoms with Crippen molar-refractivity contribution in [3.8, 4) is 5.75 Å². The topological polar surface area (TPSA) is 102 Å². The molecule has 0 bridgehead atoms. The zero-order valence-corrected chi connectivity index (χ0v) is 16.7. The number of nitrogens with one attached hydrogen (secondary N) is 2. The lowest BCUT2D eigenvalue weighted by Gasteiger charge is -2.19. The molecule has 2 aromatic rings. The van der Waals surface area contributed by atoms with Crippen LogP contribution in [0.15, 0.2) is 41.3 Å². The fourth-order valence-electron chi connectivity index (χ4n) is 2.92. The minimum Gasteiger partial charge on any atom is -0.482 e. The molecule has 0 fully saturated rings. The molecular weight excluding hydrogens is 380 g/mol. The molecule has 148 valence electrons. The summed E-state index contributed by atoms with van der Waals surface area (Å²) in [4.78, 5) is 23.8. The van der Waals surface area contributed by atoms with Crippen molar-refractivity contribution in [3.05, 3.63) is 47.5 Å². The average Bonchev–Trinajstić information content (AvgIpc) is 2.64. The number of fused-ring (bicyclic) bond motifs is 1. The third kappa shape index (κ3) is 4.01. The second-order valence-electron chi connectivity index (χ2n) is 6.85. The fraction of sp³-hybridized carbons (Fsp3) is 0.300. The maximum atomic E-state index is 12.9. The quantitative estimate of drug-likeness (QED) is 0.801. The van der Waals surface area contributed by atoms with E-state index in [9.17, 15) is 18.0 Å². The number of carbonyl (C=O) groups is 2. The molecule has 28 heavy (non-hydrogen) atoms. The molecule has 3 rings (SSSR count). The predicted octanol–water partition coefficient (Wildman–Crippen LogP) is 2.83. The highest BCUT2D eigenvalue weighted by Crippen LogP contribution is 2.32. The van der Waals surface area contributed by atoms with Crippen LogP contribution in [0.3, 0.4) is 0 Å². The van der Waals surface area contributed by atoms with Gasteiger partial charge < -0.3 is 15.4 Å². The first-order valence-electron chi connectivity index (χ1n) is 8.85. The van der Waals surface area contributed by atoms with Crippen LogP contribution in [-0.4, -0.2) is 32.1 Å². The van der Waals surface area contributed by atoms with E-state index < -0.39 is 15.1 Å². The van der Waals surface area contributed by atoms with Crippen molar-refractivity contribution in [2.75, 3.05) is 17.2 Å². The number of hydrogen-bond donors (Lipinski definition) is 2. The summed E-state index contributed by atoms with van der Waals surface area (Å²) in [5, 5.41) is 4.48. The van der Waals surface area contributed by atoms with Gasteiger partial charge in [-0.15, -0.1) is 0 Å². The molecule has 1 heterocycles. The highest BCUT2D eigenvalue weighted by atomic mass is 32.2. The van der Waals surface area contributed by atoms with Gasteiger partial charge >= 0.3 is 0 Å². The van der Waals surface area contributed by atoms with Crippen LogP contribution in [0.2, 0.25) is 0 Å². The van der Waals surface area contributed by atoms with Gasteiger partial charge in [0, 0.05) is 18.2 Å². The third-order valence-electron chi connectivity index (χ3n) is 4.80. The lowest BCUT2D eigenvalue weighted by Crippen LogP contribution is -2.27. The monoisotopic (exact) mass is 402 g/mol. The van der Waals surface area contributed by atoms with E-state index in [2.05, 4.69) is 10.6 Å². The molecule has 2 N–H and O–H groups in total. The van der Waals surface area contributed by atoms with Gasteiger partial charge in [-0.2, -0.15) is 0 Å². The van der Waals surface area contributed by atoms with Gasteiger partial charge in [-0.05, 0) is 50.1 Å². The van der Waals surface area contributed by atoms with Crippen molar-refractivity contribution in [2.24, 2.45) is 0 Å². The molecule has 7 nitrogen and oxygen atoms in total. The van der Waals surface area contributed by atoms with Crippen LogP contribution in [0.4, 0.5) is 11.4 Å². The van der Waals surface area contributed by atoms with Crippen LogP contribution < -0.4 is 15.4 Å². The van der Waals surface area contributed by atoms with Gasteiger partial charge in [-0.3, -0.25) is 9.59 Å². The number of rotatable bonds is 5. The molecule has 1 aliphatic rings. The van der Waals surface area contributed by atoms with Crippen LogP contribution in [0.1, 0.15) is 24.5 Å². The van der Waals surface area contributed by atoms with Gasteiger partial charge in [0.1, 0.15) is 5.75 Å². The van der Waals surface area contributed by atoms with Crippen molar-refractivity contribution in [1.82, 2.24) is 0 Å². The predicted molar refractivity (Wildman–Crippen MR) is 106 cm³/mol. The molecular formula is C20H22N2O5S. The first-order valence-corrected chi connectivity index (χ1v) is 10.4. The smallest absolute Gasteiger partial charge is 0.262 e. The van der Waals surface area contributed by atoms with Crippen LogP contribution in [0.25, 0.3) is 0 Å². The number of aryl methyl sites for hydroxylation is 1. The van der Waals surface area contributed by atoms with Crippen LogP contribution >= 0.6 is 0 Å². The molecule has 8 heteroatoms.